The van der Waals surface area contributed by atoms with Crippen LogP contribution < -0.4 is 5.32 Å². The number of hydrogen-bond acceptors (Lipinski definition) is 2. The van der Waals surface area contributed by atoms with Crippen molar-refractivity contribution >= 4 is 22.4 Å². The van der Waals surface area contributed by atoms with E-state index in [1.54, 1.807) is 0 Å². The zero-order valence-corrected chi connectivity index (χ0v) is 16.8. The summed E-state index contributed by atoms with van der Waals surface area (Å²) in [5, 5.41) is 5.55. The lowest BCUT2D eigenvalue weighted by Gasteiger charge is -2.25. The molecule has 0 saturated heterocycles. The average molecular weight is 361 g/mol. The SMILES string of the molecule is Cc1cc(C)c(NC(=O)CN(C)C(C)c2ccc3ccccc3c2)c(C)c1. The van der Waals surface area contributed by atoms with Crippen molar-refractivity contribution in [3.05, 3.63) is 76.9 Å². The van der Waals surface area contributed by atoms with Gasteiger partial charge in [0.2, 0.25) is 5.91 Å². The molecule has 0 radical (unpaired) electrons. The lowest BCUT2D eigenvalue weighted by molar-refractivity contribution is -0.117. The van der Waals surface area contributed by atoms with Crippen LogP contribution in [-0.4, -0.2) is 24.4 Å². The zero-order chi connectivity index (χ0) is 19.6. The number of rotatable bonds is 5. The third-order valence-electron chi connectivity index (χ3n) is 5.25. The maximum Gasteiger partial charge on any atom is 0.238 e. The molecular weight excluding hydrogens is 332 g/mol. The number of fused-ring (bicyclic) bond motifs is 1. The third kappa shape index (κ3) is 4.37. The number of anilines is 1. The second-order valence-electron chi connectivity index (χ2n) is 7.52. The first-order valence-electron chi connectivity index (χ1n) is 9.42. The molecule has 3 nitrogen and oxygen atoms in total. The lowest BCUT2D eigenvalue weighted by atomic mass is 10.0. The summed E-state index contributed by atoms with van der Waals surface area (Å²) < 4.78 is 0. The maximum atomic E-state index is 12.6. The number of nitrogens with zero attached hydrogens (tertiary/aromatic N) is 1. The highest BCUT2D eigenvalue weighted by atomic mass is 16.2. The largest absolute Gasteiger partial charge is 0.324 e. The van der Waals surface area contributed by atoms with Crippen LogP contribution in [0.2, 0.25) is 0 Å². The molecule has 3 aromatic rings. The summed E-state index contributed by atoms with van der Waals surface area (Å²) in [5.41, 5.74) is 5.56. The van der Waals surface area contributed by atoms with Crippen molar-refractivity contribution in [2.75, 3.05) is 18.9 Å². The summed E-state index contributed by atoms with van der Waals surface area (Å²) in [5.74, 6) is 0.0141. The van der Waals surface area contributed by atoms with Gasteiger partial charge in [-0.25, -0.2) is 0 Å². The summed E-state index contributed by atoms with van der Waals surface area (Å²) in [6, 6.07) is 19.2. The van der Waals surface area contributed by atoms with Crippen molar-refractivity contribution in [1.82, 2.24) is 4.90 Å². The smallest absolute Gasteiger partial charge is 0.238 e. The number of carbonyl (C=O) groups is 1. The molecule has 0 fully saturated rings. The van der Waals surface area contributed by atoms with Gasteiger partial charge in [0.1, 0.15) is 0 Å². The predicted molar refractivity (Wildman–Crippen MR) is 114 cm³/mol. The molecular formula is C24H28N2O. The lowest BCUT2D eigenvalue weighted by Crippen LogP contribution is -2.32. The van der Waals surface area contributed by atoms with Gasteiger partial charge in [0.15, 0.2) is 0 Å². The molecule has 0 saturated carbocycles. The van der Waals surface area contributed by atoms with Gasteiger partial charge >= 0.3 is 0 Å². The summed E-state index contributed by atoms with van der Waals surface area (Å²) >= 11 is 0. The van der Waals surface area contributed by atoms with E-state index < -0.39 is 0 Å². The fraction of sp³-hybridized carbons (Fsp3) is 0.292. The Balaban J connectivity index is 1.70. The number of carbonyl (C=O) groups excluding carboxylic acids is 1. The van der Waals surface area contributed by atoms with Crippen LogP contribution >= 0.6 is 0 Å². The molecule has 27 heavy (non-hydrogen) atoms. The van der Waals surface area contributed by atoms with Gasteiger partial charge in [-0.2, -0.15) is 0 Å². The fourth-order valence-electron chi connectivity index (χ4n) is 3.64. The van der Waals surface area contributed by atoms with E-state index in [0.717, 1.165) is 16.8 Å². The molecule has 0 bridgehead atoms. The molecule has 0 aliphatic carbocycles. The number of hydrogen-bond donors (Lipinski definition) is 1. The minimum absolute atomic E-state index is 0.0141. The van der Waals surface area contributed by atoms with Gasteiger partial charge in [-0.15, -0.1) is 0 Å². The number of amides is 1. The van der Waals surface area contributed by atoms with Gasteiger partial charge in [0.25, 0.3) is 0 Å². The van der Waals surface area contributed by atoms with Crippen molar-refractivity contribution < 1.29 is 4.79 Å². The summed E-state index contributed by atoms with van der Waals surface area (Å²) in [4.78, 5) is 14.7. The number of benzene rings is 3. The Labute approximate surface area is 162 Å². The first kappa shape index (κ1) is 19.1. The van der Waals surface area contributed by atoms with Crippen molar-refractivity contribution in [2.45, 2.75) is 33.7 Å². The molecule has 0 spiro atoms. The van der Waals surface area contributed by atoms with Crippen LogP contribution in [0.15, 0.2) is 54.6 Å². The Morgan fingerprint density at radius 2 is 1.59 bits per heavy atom. The predicted octanol–water partition coefficient (Wildman–Crippen LogP) is 5.40. The standard InChI is InChI=1S/C24H28N2O/c1-16-12-17(2)24(18(3)13-16)25-23(27)15-26(5)19(4)21-11-10-20-8-6-7-9-22(20)14-21/h6-14,19H,15H2,1-5H3,(H,25,27). The van der Waals surface area contributed by atoms with Crippen molar-refractivity contribution in [3.63, 3.8) is 0 Å². The second kappa shape index (κ2) is 7.93. The molecule has 0 aromatic heterocycles. The Morgan fingerprint density at radius 3 is 2.26 bits per heavy atom. The van der Waals surface area contributed by atoms with E-state index in [1.165, 1.54) is 21.9 Å². The summed E-state index contributed by atoms with van der Waals surface area (Å²) in [7, 11) is 1.99. The number of aryl methyl sites for hydroxylation is 3. The Morgan fingerprint density at radius 1 is 0.963 bits per heavy atom. The van der Waals surface area contributed by atoms with Crippen molar-refractivity contribution in [3.8, 4) is 0 Å². The quantitative estimate of drug-likeness (QED) is 0.661. The van der Waals surface area contributed by atoms with Crippen LogP contribution in [0.4, 0.5) is 5.69 Å². The molecule has 1 unspecified atom stereocenters. The number of likely N-dealkylation sites (N-methyl/N-ethyl adjacent to an activating group) is 1. The molecule has 140 valence electrons. The van der Waals surface area contributed by atoms with Gasteiger partial charge in [-0.05, 0) is 68.3 Å². The topological polar surface area (TPSA) is 32.3 Å². The molecule has 1 amide bonds. The molecule has 0 aliphatic heterocycles. The molecule has 0 heterocycles. The first-order valence-corrected chi connectivity index (χ1v) is 9.42. The minimum atomic E-state index is 0.0141. The van der Waals surface area contributed by atoms with E-state index in [2.05, 4.69) is 78.7 Å². The Bertz CT molecular complexity index is 954. The fourth-order valence-corrected chi connectivity index (χ4v) is 3.64. The third-order valence-corrected chi connectivity index (χ3v) is 5.25. The highest BCUT2D eigenvalue weighted by Crippen LogP contribution is 2.25. The van der Waals surface area contributed by atoms with Gasteiger partial charge in [0, 0.05) is 11.7 Å². The summed E-state index contributed by atoms with van der Waals surface area (Å²) in [6.45, 7) is 8.64. The number of nitrogens with one attached hydrogen (secondary N) is 1. The van der Waals surface area contributed by atoms with Crippen LogP contribution in [0, 0.1) is 20.8 Å². The van der Waals surface area contributed by atoms with Gasteiger partial charge in [-0.1, -0.05) is 54.1 Å². The molecule has 3 heteroatoms. The van der Waals surface area contributed by atoms with Crippen molar-refractivity contribution in [2.24, 2.45) is 0 Å². The van der Waals surface area contributed by atoms with Crippen LogP contribution in [0.25, 0.3) is 10.8 Å². The van der Waals surface area contributed by atoms with E-state index in [9.17, 15) is 4.79 Å². The van der Waals surface area contributed by atoms with Crippen molar-refractivity contribution in [1.29, 1.82) is 0 Å². The van der Waals surface area contributed by atoms with Gasteiger partial charge in [-0.3, -0.25) is 9.69 Å². The monoisotopic (exact) mass is 360 g/mol. The van der Waals surface area contributed by atoms with E-state index in [0.29, 0.717) is 6.54 Å². The first-order chi connectivity index (χ1) is 12.8. The second-order valence-corrected chi connectivity index (χ2v) is 7.52. The Kier molecular flexibility index (Phi) is 5.62. The molecule has 1 N–H and O–H groups in total. The normalized spacial score (nSPS) is 12.4. The molecule has 3 aromatic carbocycles. The van der Waals surface area contributed by atoms with Crippen LogP contribution in [0.3, 0.4) is 0 Å². The zero-order valence-electron chi connectivity index (χ0n) is 16.8. The van der Waals surface area contributed by atoms with Crippen LogP contribution in [0.1, 0.15) is 35.2 Å². The highest BCUT2D eigenvalue weighted by molar-refractivity contribution is 5.93. The van der Waals surface area contributed by atoms with Gasteiger partial charge < -0.3 is 5.32 Å². The van der Waals surface area contributed by atoms with E-state index in [4.69, 9.17) is 0 Å². The van der Waals surface area contributed by atoms with Gasteiger partial charge in [0.05, 0.1) is 6.54 Å². The summed E-state index contributed by atoms with van der Waals surface area (Å²) in [6.07, 6.45) is 0. The van der Waals surface area contributed by atoms with E-state index >= 15 is 0 Å². The van der Waals surface area contributed by atoms with E-state index in [-0.39, 0.29) is 11.9 Å². The maximum absolute atomic E-state index is 12.6. The Hall–Kier alpha value is -2.65. The van der Waals surface area contributed by atoms with E-state index in [1.807, 2.05) is 20.9 Å². The molecule has 3 rings (SSSR count). The van der Waals surface area contributed by atoms with Crippen LogP contribution in [-0.2, 0) is 4.79 Å². The van der Waals surface area contributed by atoms with Crippen LogP contribution in [0.5, 0.6) is 0 Å². The highest BCUT2D eigenvalue weighted by Gasteiger charge is 2.16. The minimum Gasteiger partial charge on any atom is -0.324 e. The average Bonchev–Trinajstić information content (AvgIpc) is 2.63. The molecule has 0 aliphatic rings. The molecule has 1 atom stereocenters.